The lowest BCUT2D eigenvalue weighted by Crippen LogP contribution is -2.34. The molecule has 20 heavy (non-hydrogen) atoms. The van der Waals surface area contributed by atoms with Crippen LogP contribution in [0.2, 0.25) is 0 Å². The Bertz CT molecular complexity index is 527. The third-order valence-corrected chi connectivity index (χ3v) is 3.43. The van der Waals surface area contributed by atoms with Gasteiger partial charge in [0.1, 0.15) is 11.4 Å². The van der Waals surface area contributed by atoms with Gasteiger partial charge in [-0.25, -0.2) is 4.98 Å². The topological polar surface area (TPSA) is 75.3 Å². The van der Waals surface area contributed by atoms with Crippen molar-refractivity contribution in [3.63, 3.8) is 0 Å². The summed E-state index contributed by atoms with van der Waals surface area (Å²) in [6, 6.07) is 0. The fourth-order valence-corrected chi connectivity index (χ4v) is 2.35. The van der Waals surface area contributed by atoms with Gasteiger partial charge in [-0.05, 0) is 19.8 Å². The maximum absolute atomic E-state index is 12.3. The highest BCUT2D eigenvalue weighted by molar-refractivity contribution is 5.93. The Morgan fingerprint density at radius 3 is 3.10 bits per heavy atom. The lowest BCUT2D eigenvalue weighted by Gasteiger charge is -2.16. The minimum atomic E-state index is -0.367. The standard InChI is InChI=1S/C14H21N3O3/c1-3-6-20-9-11-4-5-17(8-11)14(19)12-7-15-10(2)16-13(12)18/h7,11H,3-6,8-9H2,1-2H3,(H,15,16,18)/t11-/m1/s1. The average Bonchev–Trinajstić information content (AvgIpc) is 2.87. The van der Waals surface area contributed by atoms with Gasteiger partial charge in [0.2, 0.25) is 0 Å². The smallest absolute Gasteiger partial charge is 0.263 e. The summed E-state index contributed by atoms with van der Waals surface area (Å²) in [5, 5.41) is 0. The van der Waals surface area contributed by atoms with Crippen LogP contribution in [0.4, 0.5) is 0 Å². The van der Waals surface area contributed by atoms with E-state index in [9.17, 15) is 9.59 Å². The molecule has 0 aliphatic carbocycles. The van der Waals surface area contributed by atoms with Gasteiger partial charge >= 0.3 is 0 Å². The molecule has 0 spiro atoms. The van der Waals surface area contributed by atoms with Crippen molar-refractivity contribution >= 4 is 5.91 Å². The van der Waals surface area contributed by atoms with Crippen LogP contribution >= 0.6 is 0 Å². The Balaban J connectivity index is 1.95. The highest BCUT2D eigenvalue weighted by atomic mass is 16.5. The molecule has 0 radical (unpaired) electrons. The molecule has 1 aromatic rings. The Morgan fingerprint density at radius 1 is 1.60 bits per heavy atom. The Morgan fingerprint density at radius 2 is 2.40 bits per heavy atom. The molecule has 1 fully saturated rings. The first-order chi connectivity index (χ1) is 9.61. The molecule has 0 saturated carbocycles. The molecule has 6 nitrogen and oxygen atoms in total. The van der Waals surface area contributed by atoms with E-state index in [0.29, 0.717) is 31.4 Å². The Kier molecular flexibility index (Phi) is 4.89. The maximum Gasteiger partial charge on any atom is 0.263 e. The summed E-state index contributed by atoms with van der Waals surface area (Å²) < 4.78 is 5.52. The molecule has 1 aromatic heterocycles. The van der Waals surface area contributed by atoms with Crippen molar-refractivity contribution < 1.29 is 9.53 Å². The van der Waals surface area contributed by atoms with Crippen LogP contribution in [-0.2, 0) is 4.74 Å². The zero-order valence-electron chi connectivity index (χ0n) is 12.0. The predicted molar refractivity (Wildman–Crippen MR) is 74.7 cm³/mol. The summed E-state index contributed by atoms with van der Waals surface area (Å²) in [7, 11) is 0. The molecular formula is C14H21N3O3. The van der Waals surface area contributed by atoms with Crippen molar-refractivity contribution in [1.82, 2.24) is 14.9 Å². The van der Waals surface area contributed by atoms with E-state index in [1.165, 1.54) is 6.20 Å². The zero-order valence-corrected chi connectivity index (χ0v) is 12.0. The Hall–Kier alpha value is -1.69. The molecule has 6 heteroatoms. The van der Waals surface area contributed by atoms with E-state index in [0.717, 1.165) is 19.4 Å². The van der Waals surface area contributed by atoms with Gasteiger partial charge in [0.15, 0.2) is 0 Å². The third-order valence-electron chi connectivity index (χ3n) is 3.43. The van der Waals surface area contributed by atoms with E-state index in [2.05, 4.69) is 16.9 Å². The van der Waals surface area contributed by atoms with Gasteiger partial charge in [-0.2, -0.15) is 0 Å². The SMILES string of the molecule is CCCOC[C@@H]1CCN(C(=O)c2cnc(C)[nH]c2=O)C1. The minimum Gasteiger partial charge on any atom is -0.381 e. The van der Waals surface area contributed by atoms with Gasteiger partial charge < -0.3 is 14.6 Å². The van der Waals surface area contributed by atoms with E-state index >= 15 is 0 Å². The molecule has 2 rings (SSSR count). The summed E-state index contributed by atoms with van der Waals surface area (Å²) >= 11 is 0. The van der Waals surface area contributed by atoms with E-state index in [4.69, 9.17) is 4.74 Å². The molecule has 0 bridgehead atoms. The fraction of sp³-hybridized carbons (Fsp3) is 0.643. The van der Waals surface area contributed by atoms with Crippen LogP contribution in [0.5, 0.6) is 0 Å². The monoisotopic (exact) mass is 279 g/mol. The minimum absolute atomic E-state index is 0.116. The largest absolute Gasteiger partial charge is 0.381 e. The van der Waals surface area contributed by atoms with Crippen LogP contribution in [0.1, 0.15) is 35.9 Å². The lowest BCUT2D eigenvalue weighted by atomic mass is 10.1. The van der Waals surface area contributed by atoms with Crippen LogP contribution in [0.15, 0.2) is 11.0 Å². The highest BCUT2D eigenvalue weighted by Crippen LogP contribution is 2.18. The van der Waals surface area contributed by atoms with Gasteiger partial charge in [0.25, 0.3) is 11.5 Å². The molecule has 0 unspecified atom stereocenters. The quantitative estimate of drug-likeness (QED) is 0.815. The summed E-state index contributed by atoms with van der Waals surface area (Å²) in [4.78, 5) is 32.3. The van der Waals surface area contributed by atoms with Crippen molar-refractivity contribution in [3.05, 3.63) is 27.9 Å². The molecule has 1 amide bonds. The third kappa shape index (κ3) is 3.45. The number of amides is 1. The number of carbonyl (C=O) groups excluding carboxylic acids is 1. The molecule has 1 N–H and O–H groups in total. The van der Waals surface area contributed by atoms with Gasteiger partial charge in [-0.1, -0.05) is 6.92 Å². The van der Waals surface area contributed by atoms with Gasteiger partial charge in [-0.15, -0.1) is 0 Å². The first kappa shape index (κ1) is 14.7. The van der Waals surface area contributed by atoms with Crippen LogP contribution in [-0.4, -0.2) is 47.1 Å². The van der Waals surface area contributed by atoms with Crippen molar-refractivity contribution in [2.24, 2.45) is 5.92 Å². The number of hydrogen-bond acceptors (Lipinski definition) is 4. The van der Waals surface area contributed by atoms with Crippen molar-refractivity contribution in [2.75, 3.05) is 26.3 Å². The van der Waals surface area contributed by atoms with E-state index < -0.39 is 0 Å². The Labute approximate surface area is 118 Å². The zero-order chi connectivity index (χ0) is 14.5. The van der Waals surface area contributed by atoms with E-state index in [-0.39, 0.29) is 17.0 Å². The van der Waals surface area contributed by atoms with Crippen LogP contribution < -0.4 is 5.56 Å². The number of nitrogens with one attached hydrogen (secondary N) is 1. The van der Waals surface area contributed by atoms with Crippen LogP contribution in [0.3, 0.4) is 0 Å². The molecule has 1 aliphatic rings. The summed E-state index contributed by atoms with van der Waals surface area (Å²) in [5.41, 5.74) is -0.251. The van der Waals surface area contributed by atoms with Gasteiger partial charge in [0.05, 0.1) is 6.61 Å². The molecular weight excluding hydrogens is 258 g/mol. The lowest BCUT2D eigenvalue weighted by molar-refractivity contribution is 0.0752. The summed E-state index contributed by atoms with van der Waals surface area (Å²) in [6.45, 7) is 6.52. The first-order valence-electron chi connectivity index (χ1n) is 7.04. The number of nitrogens with zero attached hydrogens (tertiary/aromatic N) is 2. The second kappa shape index (κ2) is 6.65. The van der Waals surface area contributed by atoms with Gasteiger partial charge in [-0.3, -0.25) is 9.59 Å². The first-order valence-corrected chi connectivity index (χ1v) is 7.04. The maximum atomic E-state index is 12.3. The summed E-state index contributed by atoms with van der Waals surface area (Å²) in [5.74, 6) is 0.638. The molecule has 0 aromatic carbocycles. The normalized spacial score (nSPS) is 18.5. The number of carbonyl (C=O) groups is 1. The van der Waals surface area contributed by atoms with Crippen LogP contribution in [0, 0.1) is 12.8 Å². The van der Waals surface area contributed by atoms with Gasteiger partial charge in [0, 0.05) is 31.8 Å². The molecule has 1 atom stereocenters. The molecule has 2 heterocycles. The number of ether oxygens (including phenoxy) is 1. The fourth-order valence-electron chi connectivity index (χ4n) is 2.35. The molecule has 1 aliphatic heterocycles. The number of likely N-dealkylation sites (tertiary alicyclic amines) is 1. The van der Waals surface area contributed by atoms with Crippen molar-refractivity contribution in [3.8, 4) is 0 Å². The number of H-pyrrole nitrogens is 1. The number of hydrogen-bond donors (Lipinski definition) is 1. The number of aromatic nitrogens is 2. The molecule has 110 valence electrons. The van der Waals surface area contributed by atoms with Crippen LogP contribution in [0.25, 0.3) is 0 Å². The summed E-state index contributed by atoms with van der Waals surface area (Å²) in [6.07, 6.45) is 3.28. The second-order valence-electron chi connectivity index (χ2n) is 5.19. The van der Waals surface area contributed by atoms with E-state index in [1.54, 1.807) is 11.8 Å². The molecule has 1 saturated heterocycles. The van der Waals surface area contributed by atoms with Crippen molar-refractivity contribution in [1.29, 1.82) is 0 Å². The number of aromatic amines is 1. The number of rotatable bonds is 5. The van der Waals surface area contributed by atoms with E-state index in [1.807, 2.05) is 0 Å². The highest BCUT2D eigenvalue weighted by Gasteiger charge is 2.28. The number of aryl methyl sites for hydroxylation is 1. The predicted octanol–water partition coefficient (Wildman–Crippen LogP) is 0.967. The van der Waals surface area contributed by atoms with Crippen molar-refractivity contribution in [2.45, 2.75) is 26.7 Å². The second-order valence-corrected chi connectivity index (χ2v) is 5.19. The average molecular weight is 279 g/mol.